The lowest BCUT2D eigenvalue weighted by molar-refractivity contribution is -0.135. The van der Waals surface area contributed by atoms with E-state index in [9.17, 15) is 4.79 Å². The highest BCUT2D eigenvalue weighted by atomic mass is 16.5. The molecule has 3 saturated heterocycles. The van der Waals surface area contributed by atoms with Crippen molar-refractivity contribution in [1.82, 2.24) is 15.5 Å². The SMILES string of the molecule is CC(=O)O.CC(=O)O.C[C@H]1CN2C[C@H](NC(=O)[C@H]3CC[C@H](c4ccccc4)N3)C[C@H]2CO1. The van der Waals surface area contributed by atoms with Crippen molar-refractivity contribution < 1.29 is 29.3 Å². The number of aliphatic carboxylic acids is 2. The molecule has 1 amide bonds. The van der Waals surface area contributed by atoms with E-state index in [1.165, 1.54) is 5.56 Å². The van der Waals surface area contributed by atoms with E-state index in [1.807, 2.05) is 6.07 Å². The van der Waals surface area contributed by atoms with E-state index >= 15 is 0 Å². The normalized spacial score (nSPS) is 28.9. The van der Waals surface area contributed by atoms with Crippen LogP contribution in [-0.4, -0.2) is 76.9 Å². The fourth-order valence-corrected chi connectivity index (χ4v) is 4.34. The molecule has 178 valence electrons. The summed E-state index contributed by atoms with van der Waals surface area (Å²) in [6.07, 6.45) is 3.24. The Kier molecular flexibility index (Phi) is 10.1. The first-order valence-electron chi connectivity index (χ1n) is 11.0. The molecule has 4 rings (SSSR count). The summed E-state index contributed by atoms with van der Waals surface area (Å²) < 4.78 is 5.74. The third kappa shape index (κ3) is 8.57. The van der Waals surface area contributed by atoms with Gasteiger partial charge in [0.1, 0.15) is 0 Å². The van der Waals surface area contributed by atoms with Crippen LogP contribution in [0.3, 0.4) is 0 Å². The minimum absolute atomic E-state index is 0.0667. The smallest absolute Gasteiger partial charge is 0.300 e. The summed E-state index contributed by atoms with van der Waals surface area (Å²) in [4.78, 5) is 33.1. The van der Waals surface area contributed by atoms with Crippen LogP contribution in [0, 0.1) is 0 Å². The van der Waals surface area contributed by atoms with Gasteiger partial charge in [-0.15, -0.1) is 0 Å². The fraction of sp³-hybridized carbons (Fsp3) is 0.609. The number of morpholine rings is 1. The molecule has 5 atom stereocenters. The maximum absolute atomic E-state index is 12.6. The molecular formula is C23H35N3O6. The first-order chi connectivity index (χ1) is 15.2. The molecule has 0 aliphatic carbocycles. The van der Waals surface area contributed by atoms with E-state index in [2.05, 4.69) is 46.7 Å². The summed E-state index contributed by atoms with van der Waals surface area (Å²) in [6.45, 7) is 7.02. The third-order valence-corrected chi connectivity index (χ3v) is 5.60. The van der Waals surface area contributed by atoms with Crippen molar-refractivity contribution in [1.29, 1.82) is 0 Å². The summed E-state index contributed by atoms with van der Waals surface area (Å²) in [5.74, 6) is -1.51. The maximum atomic E-state index is 12.6. The van der Waals surface area contributed by atoms with E-state index in [0.717, 1.165) is 52.8 Å². The Balaban J connectivity index is 0.000000395. The van der Waals surface area contributed by atoms with Crippen molar-refractivity contribution in [2.24, 2.45) is 0 Å². The number of carbonyl (C=O) groups is 3. The Bertz CT molecular complexity index is 739. The summed E-state index contributed by atoms with van der Waals surface area (Å²) in [5, 5.41) is 21.6. The van der Waals surface area contributed by atoms with Crippen LogP contribution >= 0.6 is 0 Å². The zero-order valence-corrected chi connectivity index (χ0v) is 19.0. The summed E-state index contributed by atoms with van der Waals surface area (Å²) in [6, 6.07) is 11.4. The first-order valence-corrected chi connectivity index (χ1v) is 11.0. The number of amides is 1. The fourth-order valence-electron chi connectivity index (χ4n) is 4.34. The minimum Gasteiger partial charge on any atom is -0.481 e. The summed E-state index contributed by atoms with van der Waals surface area (Å²) >= 11 is 0. The second-order valence-electron chi connectivity index (χ2n) is 8.49. The third-order valence-electron chi connectivity index (χ3n) is 5.60. The molecule has 0 unspecified atom stereocenters. The number of hydrogen-bond acceptors (Lipinski definition) is 6. The van der Waals surface area contributed by atoms with Crippen LogP contribution in [0.1, 0.15) is 51.6 Å². The van der Waals surface area contributed by atoms with Gasteiger partial charge in [0, 0.05) is 45.1 Å². The van der Waals surface area contributed by atoms with Crippen molar-refractivity contribution in [3.63, 3.8) is 0 Å². The van der Waals surface area contributed by atoms with Crippen molar-refractivity contribution in [2.45, 2.75) is 70.3 Å². The number of carboxylic acid groups (broad SMARTS) is 2. The second kappa shape index (κ2) is 12.5. The maximum Gasteiger partial charge on any atom is 0.300 e. The quantitative estimate of drug-likeness (QED) is 0.548. The predicted molar refractivity (Wildman–Crippen MR) is 119 cm³/mol. The number of nitrogens with zero attached hydrogens (tertiary/aromatic N) is 1. The standard InChI is InChI=1S/C19H27N3O2.2C2H4O2/c1-13-10-22-11-15(9-16(22)12-24-13)20-19(23)18-8-7-17(21-18)14-5-3-2-4-6-14;2*1-2(3)4/h2-6,13,15-18,21H,7-12H2,1H3,(H,20,23);2*1H3,(H,3,4)/t13-,15+,16-,17+,18+;;/m0../s1. The highest BCUT2D eigenvalue weighted by Gasteiger charge is 2.38. The number of rotatable bonds is 3. The second-order valence-corrected chi connectivity index (χ2v) is 8.49. The van der Waals surface area contributed by atoms with Gasteiger partial charge in [-0.25, -0.2) is 0 Å². The number of benzene rings is 1. The van der Waals surface area contributed by atoms with Crippen LogP contribution < -0.4 is 10.6 Å². The van der Waals surface area contributed by atoms with Gasteiger partial charge in [-0.3, -0.25) is 24.6 Å². The molecule has 1 aromatic rings. The average molecular weight is 450 g/mol. The van der Waals surface area contributed by atoms with Gasteiger partial charge in [-0.2, -0.15) is 0 Å². The van der Waals surface area contributed by atoms with Crippen molar-refractivity contribution in [3.8, 4) is 0 Å². The molecule has 3 fully saturated rings. The zero-order chi connectivity index (χ0) is 23.7. The number of carboxylic acids is 2. The Morgan fingerprint density at radius 3 is 2.31 bits per heavy atom. The average Bonchev–Trinajstić information content (AvgIpc) is 3.34. The molecule has 9 nitrogen and oxygen atoms in total. The molecule has 32 heavy (non-hydrogen) atoms. The van der Waals surface area contributed by atoms with E-state index in [4.69, 9.17) is 24.5 Å². The van der Waals surface area contributed by atoms with Gasteiger partial charge >= 0.3 is 0 Å². The first kappa shape index (κ1) is 25.8. The van der Waals surface area contributed by atoms with Crippen LogP contribution in [-0.2, 0) is 19.1 Å². The van der Waals surface area contributed by atoms with Crippen LogP contribution in [0.15, 0.2) is 30.3 Å². The van der Waals surface area contributed by atoms with Crippen molar-refractivity contribution >= 4 is 17.8 Å². The van der Waals surface area contributed by atoms with E-state index in [-0.39, 0.29) is 18.0 Å². The van der Waals surface area contributed by atoms with Crippen LogP contribution in [0.2, 0.25) is 0 Å². The van der Waals surface area contributed by atoms with Gasteiger partial charge in [0.2, 0.25) is 5.91 Å². The highest BCUT2D eigenvalue weighted by molar-refractivity contribution is 5.82. The van der Waals surface area contributed by atoms with Crippen molar-refractivity contribution in [2.75, 3.05) is 19.7 Å². The molecule has 3 aliphatic heterocycles. The Labute approximate surface area is 189 Å². The number of ether oxygens (including phenoxy) is 1. The minimum atomic E-state index is -0.833. The predicted octanol–water partition coefficient (Wildman–Crippen LogP) is 1.64. The molecule has 0 radical (unpaired) electrons. The highest BCUT2D eigenvalue weighted by Crippen LogP contribution is 2.27. The van der Waals surface area contributed by atoms with E-state index < -0.39 is 11.9 Å². The van der Waals surface area contributed by atoms with E-state index in [0.29, 0.717) is 18.2 Å². The molecule has 9 heteroatoms. The topological polar surface area (TPSA) is 128 Å². The number of carbonyl (C=O) groups excluding carboxylic acids is 1. The Morgan fingerprint density at radius 2 is 1.69 bits per heavy atom. The lowest BCUT2D eigenvalue weighted by Crippen LogP contribution is -2.47. The lowest BCUT2D eigenvalue weighted by atomic mass is 10.1. The largest absolute Gasteiger partial charge is 0.481 e. The van der Waals surface area contributed by atoms with Gasteiger partial charge in [0.25, 0.3) is 11.9 Å². The van der Waals surface area contributed by atoms with Crippen LogP contribution in [0.25, 0.3) is 0 Å². The Morgan fingerprint density at radius 1 is 1.06 bits per heavy atom. The van der Waals surface area contributed by atoms with Gasteiger partial charge < -0.3 is 20.3 Å². The summed E-state index contributed by atoms with van der Waals surface area (Å²) in [7, 11) is 0. The molecule has 0 saturated carbocycles. The molecule has 0 spiro atoms. The molecule has 3 heterocycles. The number of nitrogens with one attached hydrogen (secondary N) is 2. The molecule has 0 bridgehead atoms. The molecular weight excluding hydrogens is 414 g/mol. The molecule has 4 N–H and O–H groups in total. The monoisotopic (exact) mass is 449 g/mol. The lowest BCUT2D eigenvalue weighted by Gasteiger charge is -2.33. The number of hydrogen-bond donors (Lipinski definition) is 4. The zero-order valence-electron chi connectivity index (χ0n) is 19.0. The summed E-state index contributed by atoms with van der Waals surface area (Å²) in [5.41, 5.74) is 1.27. The van der Waals surface area contributed by atoms with Crippen molar-refractivity contribution in [3.05, 3.63) is 35.9 Å². The molecule has 1 aromatic carbocycles. The van der Waals surface area contributed by atoms with E-state index in [1.54, 1.807) is 0 Å². The van der Waals surface area contributed by atoms with Gasteiger partial charge in [-0.1, -0.05) is 30.3 Å². The van der Waals surface area contributed by atoms with Gasteiger partial charge in [-0.05, 0) is 31.7 Å². The van der Waals surface area contributed by atoms with Gasteiger partial charge in [0.15, 0.2) is 0 Å². The van der Waals surface area contributed by atoms with Crippen LogP contribution in [0.5, 0.6) is 0 Å². The van der Waals surface area contributed by atoms with Crippen LogP contribution in [0.4, 0.5) is 0 Å². The Hall–Kier alpha value is -2.49. The molecule has 3 aliphatic rings. The number of fused-ring (bicyclic) bond motifs is 1. The van der Waals surface area contributed by atoms with Gasteiger partial charge in [0.05, 0.1) is 18.8 Å². The molecule has 0 aromatic heterocycles.